The van der Waals surface area contributed by atoms with Crippen molar-refractivity contribution >= 4 is 50.7 Å². The van der Waals surface area contributed by atoms with Gasteiger partial charge in [0.2, 0.25) is 0 Å². The number of halogens is 2. The van der Waals surface area contributed by atoms with E-state index in [1.807, 2.05) is 6.07 Å². The molecule has 156 valence electrons. The summed E-state index contributed by atoms with van der Waals surface area (Å²) >= 11 is 6.65. The number of hydrogen-bond acceptors (Lipinski definition) is 6. The number of hydrogen-bond donors (Lipinski definition) is 3. The third-order valence-electron chi connectivity index (χ3n) is 5.33. The largest absolute Gasteiger partial charge is 0.368 e. The van der Waals surface area contributed by atoms with Crippen molar-refractivity contribution < 1.29 is 4.39 Å². The maximum atomic E-state index is 14.4. The predicted molar refractivity (Wildman–Crippen MR) is 117 cm³/mol. The summed E-state index contributed by atoms with van der Waals surface area (Å²) in [6.45, 7) is 6.16. The fraction of sp³-hybridized carbons (Fsp3) is 0.350. The molecule has 1 fully saturated rings. The number of piperazine rings is 1. The van der Waals surface area contributed by atoms with Gasteiger partial charge in [0, 0.05) is 43.6 Å². The van der Waals surface area contributed by atoms with Gasteiger partial charge in [-0.25, -0.2) is 4.39 Å². The van der Waals surface area contributed by atoms with Crippen LogP contribution in [0.1, 0.15) is 13.8 Å². The Balaban J connectivity index is 1.49. The van der Waals surface area contributed by atoms with E-state index in [4.69, 9.17) is 11.6 Å². The Morgan fingerprint density at radius 3 is 2.67 bits per heavy atom. The zero-order valence-electron chi connectivity index (χ0n) is 16.9. The molecule has 0 saturated carbocycles. The topological polar surface area (TPSA) is 86.7 Å². The van der Waals surface area contributed by atoms with Crippen LogP contribution in [-0.4, -0.2) is 50.4 Å². The van der Waals surface area contributed by atoms with Gasteiger partial charge in [-0.05, 0) is 38.1 Å². The summed E-state index contributed by atoms with van der Waals surface area (Å²) in [5.74, 6) is 0.0875. The summed E-state index contributed by atoms with van der Waals surface area (Å²) in [5, 5.41) is 23.7. The van der Waals surface area contributed by atoms with Crippen molar-refractivity contribution in [2.75, 3.05) is 23.3 Å². The maximum absolute atomic E-state index is 14.4. The van der Waals surface area contributed by atoms with Crippen LogP contribution in [0.15, 0.2) is 24.3 Å². The van der Waals surface area contributed by atoms with E-state index in [9.17, 15) is 4.39 Å². The molecule has 1 aliphatic rings. The number of rotatable bonds is 3. The zero-order chi connectivity index (χ0) is 21.0. The number of aromatic amines is 1. The molecule has 2 atom stereocenters. The first kappa shape index (κ1) is 19.1. The molecular formula is C20H22ClFN8. The van der Waals surface area contributed by atoms with E-state index >= 15 is 0 Å². The lowest BCUT2D eigenvalue weighted by molar-refractivity contribution is 0.407. The number of anilines is 3. The fourth-order valence-corrected chi connectivity index (χ4v) is 4.50. The van der Waals surface area contributed by atoms with E-state index in [-0.39, 0.29) is 5.52 Å². The third-order valence-corrected chi connectivity index (χ3v) is 5.62. The first-order chi connectivity index (χ1) is 14.4. The van der Waals surface area contributed by atoms with Crippen molar-refractivity contribution in [3.8, 4) is 0 Å². The Morgan fingerprint density at radius 1 is 1.13 bits per heavy atom. The Kier molecular flexibility index (Phi) is 4.52. The molecule has 0 aliphatic carbocycles. The highest BCUT2D eigenvalue weighted by Gasteiger charge is 2.23. The Labute approximate surface area is 177 Å². The van der Waals surface area contributed by atoms with Crippen molar-refractivity contribution in [3.05, 3.63) is 35.1 Å². The molecule has 1 saturated heterocycles. The van der Waals surface area contributed by atoms with Gasteiger partial charge in [-0.2, -0.15) is 20.1 Å². The molecule has 0 radical (unpaired) electrons. The molecule has 0 spiro atoms. The summed E-state index contributed by atoms with van der Waals surface area (Å²) in [6, 6.07) is 7.92. The van der Waals surface area contributed by atoms with Crippen LogP contribution in [0.3, 0.4) is 0 Å². The number of H-pyrrole nitrogens is 1. The van der Waals surface area contributed by atoms with Crippen LogP contribution < -0.4 is 15.5 Å². The standard InChI is InChI=1S/C20H22ClFN8/c1-10-8-30(9-11(2)23-10)13-6-14(21)18-16(7-13)25-26-20(18)24-12-4-15(22)19-17(5-12)27-29(3)28-19/h4-7,10-11,23H,8-9H2,1-3H3,(H2,24,25,26)/t10-,11-/m0/s1. The van der Waals surface area contributed by atoms with E-state index in [1.54, 1.807) is 13.1 Å². The molecule has 8 nitrogen and oxygen atoms in total. The van der Waals surface area contributed by atoms with Gasteiger partial charge in [-0.3, -0.25) is 5.10 Å². The molecule has 1 aliphatic heterocycles. The van der Waals surface area contributed by atoms with Crippen molar-refractivity contribution in [2.45, 2.75) is 25.9 Å². The summed E-state index contributed by atoms with van der Waals surface area (Å²) in [4.78, 5) is 3.67. The van der Waals surface area contributed by atoms with Crippen molar-refractivity contribution in [3.63, 3.8) is 0 Å². The fourth-order valence-electron chi connectivity index (χ4n) is 4.20. The smallest absolute Gasteiger partial charge is 0.161 e. The zero-order valence-corrected chi connectivity index (χ0v) is 17.6. The van der Waals surface area contributed by atoms with Crippen LogP contribution >= 0.6 is 11.6 Å². The van der Waals surface area contributed by atoms with Gasteiger partial charge in [0.15, 0.2) is 11.6 Å². The minimum Gasteiger partial charge on any atom is -0.368 e. The summed E-state index contributed by atoms with van der Waals surface area (Å²) in [5.41, 5.74) is 3.10. The molecule has 2 aromatic carbocycles. The van der Waals surface area contributed by atoms with Gasteiger partial charge in [0.25, 0.3) is 0 Å². The monoisotopic (exact) mass is 428 g/mol. The number of nitrogens with one attached hydrogen (secondary N) is 3. The van der Waals surface area contributed by atoms with E-state index in [0.29, 0.717) is 34.1 Å². The molecule has 10 heteroatoms. The summed E-state index contributed by atoms with van der Waals surface area (Å²) < 4.78 is 14.4. The number of fused-ring (bicyclic) bond motifs is 2. The van der Waals surface area contributed by atoms with Gasteiger partial charge >= 0.3 is 0 Å². The number of benzene rings is 2. The number of aromatic nitrogens is 5. The van der Waals surface area contributed by atoms with Crippen molar-refractivity contribution in [2.24, 2.45) is 7.05 Å². The van der Waals surface area contributed by atoms with E-state index in [2.05, 4.69) is 55.8 Å². The van der Waals surface area contributed by atoms with Crippen LogP contribution in [0.2, 0.25) is 5.02 Å². The molecule has 0 bridgehead atoms. The van der Waals surface area contributed by atoms with Crippen LogP contribution in [0, 0.1) is 5.82 Å². The second kappa shape index (κ2) is 7.10. The molecule has 2 aromatic heterocycles. The van der Waals surface area contributed by atoms with Crippen LogP contribution in [0.25, 0.3) is 21.9 Å². The summed E-state index contributed by atoms with van der Waals surface area (Å²) in [7, 11) is 1.66. The highest BCUT2D eigenvalue weighted by atomic mass is 35.5. The van der Waals surface area contributed by atoms with Gasteiger partial charge < -0.3 is 15.5 Å². The normalized spacial score (nSPS) is 19.7. The summed E-state index contributed by atoms with van der Waals surface area (Å²) in [6.07, 6.45) is 0. The van der Waals surface area contributed by atoms with E-state index < -0.39 is 5.82 Å². The minimum absolute atomic E-state index is 0.233. The lowest BCUT2D eigenvalue weighted by atomic mass is 10.1. The number of aryl methyl sites for hydroxylation is 1. The lowest BCUT2D eigenvalue weighted by Gasteiger charge is -2.37. The van der Waals surface area contributed by atoms with Gasteiger partial charge in [0.1, 0.15) is 11.0 Å². The lowest BCUT2D eigenvalue weighted by Crippen LogP contribution is -2.54. The molecule has 3 heterocycles. The Morgan fingerprint density at radius 2 is 1.90 bits per heavy atom. The first-order valence-electron chi connectivity index (χ1n) is 9.83. The molecular weight excluding hydrogens is 407 g/mol. The number of nitrogens with zero attached hydrogens (tertiary/aromatic N) is 5. The second-order valence-electron chi connectivity index (χ2n) is 7.94. The average Bonchev–Trinajstić information content (AvgIpc) is 3.24. The molecule has 5 rings (SSSR count). The van der Waals surface area contributed by atoms with Crippen LogP contribution in [-0.2, 0) is 7.05 Å². The second-order valence-corrected chi connectivity index (χ2v) is 8.34. The SMILES string of the molecule is C[C@H]1CN(c2cc(Cl)c3c(Nc4cc(F)c5nn(C)nc5c4)n[nH]c3c2)C[C@H](C)N1. The molecule has 4 aromatic rings. The van der Waals surface area contributed by atoms with Crippen LogP contribution in [0.4, 0.5) is 21.6 Å². The quantitative estimate of drug-likeness (QED) is 0.462. The van der Waals surface area contributed by atoms with Gasteiger partial charge in [-0.1, -0.05) is 11.6 Å². The van der Waals surface area contributed by atoms with Crippen molar-refractivity contribution in [1.82, 2.24) is 30.5 Å². The van der Waals surface area contributed by atoms with Crippen LogP contribution in [0.5, 0.6) is 0 Å². The third kappa shape index (κ3) is 3.33. The highest BCUT2D eigenvalue weighted by Crippen LogP contribution is 2.35. The van der Waals surface area contributed by atoms with Gasteiger partial charge in [-0.15, -0.1) is 0 Å². The Bertz CT molecular complexity index is 1240. The van der Waals surface area contributed by atoms with Gasteiger partial charge in [0.05, 0.1) is 15.9 Å². The Hall–Kier alpha value is -2.91. The predicted octanol–water partition coefficient (Wildman–Crippen LogP) is 3.57. The molecule has 0 unspecified atom stereocenters. The van der Waals surface area contributed by atoms with Crippen molar-refractivity contribution in [1.29, 1.82) is 0 Å². The van der Waals surface area contributed by atoms with E-state index in [1.165, 1.54) is 10.9 Å². The minimum atomic E-state index is -0.446. The molecule has 3 N–H and O–H groups in total. The maximum Gasteiger partial charge on any atom is 0.161 e. The average molecular weight is 429 g/mol. The van der Waals surface area contributed by atoms with E-state index in [0.717, 1.165) is 29.7 Å². The molecule has 30 heavy (non-hydrogen) atoms. The molecule has 0 amide bonds. The highest BCUT2D eigenvalue weighted by molar-refractivity contribution is 6.36. The first-order valence-corrected chi connectivity index (χ1v) is 10.2.